The molecule has 1 aromatic carbocycles. The van der Waals surface area contributed by atoms with Crippen molar-refractivity contribution in [3.63, 3.8) is 0 Å². The number of benzene rings is 1. The van der Waals surface area contributed by atoms with E-state index in [4.69, 9.17) is 5.11 Å². The third-order valence-electron chi connectivity index (χ3n) is 2.71. The summed E-state index contributed by atoms with van der Waals surface area (Å²) in [5, 5.41) is 11.4. The third kappa shape index (κ3) is 2.79. The molecule has 2 rings (SSSR count). The number of rotatable bonds is 4. The number of carboxylic acid groups (broad SMARTS) is 1. The number of amides is 1. The van der Waals surface area contributed by atoms with Crippen molar-refractivity contribution in [1.29, 1.82) is 0 Å². The van der Waals surface area contributed by atoms with Gasteiger partial charge in [0.25, 0.3) is 0 Å². The van der Waals surface area contributed by atoms with Gasteiger partial charge < -0.3 is 15.0 Å². The van der Waals surface area contributed by atoms with Gasteiger partial charge in [-0.1, -0.05) is 12.1 Å². The quantitative estimate of drug-likeness (QED) is 0.815. The molecule has 1 heterocycles. The molecule has 0 aliphatic rings. The van der Waals surface area contributed by atoms with E-state index in [2.05, 4.69) is 10.3 Å². The normalized spacial score (nSPS) is 11.8. The lowest BCUT2D eigenvalue weighted by Gasteiger charge is -2.13. The summed E-state index contributed by atoms with van der Waals surface area (Å²) in [7, 11) is 0. The van der Waals surface area contributed by atoms with Crippen LogP contribution in [0.4, 0.5) is 5.69 Å². The Morgan fingerprint density at radius 3 is 2.74 bits per heavy atom. The molecule has 0 radical (unpaired) electrons. The highest BCUT2D eigenvalue weighted by Gasteiger charge is 2.21. The molecule has 1 atom stereocenters. The zero-order valence-corrected chi connectivity index (χ0v) is 10.3. The molecule has 0 bridgehead atoms. The van der Waals surface area contributed by atoms with Gasteiger partial charge in [0, 0.05) is 12.4 Å². The summed E-state index contributed by atoms with van der Waals surface area (Å²) in [6.07, 6.45) is 4.97. The molecule has 1 aromatic heterocycles. The lowest BCUT2D eigenvalue weighted by molar-refractivity contribution is -0.144. The minimum absolute atomic E-state index is 0.540. The van der Waals surface area contributed by atoms with Gasteiger partial charge in [-0.15, -0.1) is 0 Å². The van der Waals surface area contributed by atoms with E-state index in [1.807, 2.05) is 12.1 Å². The highest BCUT2D eigenvalue weighted by Crippen LogP contribution is 2.20. The Morgan fingerprint density at radius 2 is 2.11 bits per heavy atom. The van der Waals surface area contributed by atoms with Crippen molar-refractivity contribution in [2.24, 2.45) is 5.92 Å². The maximum atomic E-state index is 11.8. The fourth-order valence-corrected chi connectivity index (χ4v) is 1.56. The zero-order chi connectivity index (χ0) is 13.8. The molecular weight excluding hydrogens is 246 g/mol. The van der Waals surface area contributed by atoms with E-state index >= 15 is 0 Å². The maximum Gasteiger partial charge on any atom is 0.315 e. The smallest absolute Gasteiger partial charge is 0.315 e. The number of carbonyl (C=O) groups is 2. The molecular formula is C13H13N3O3. The van der Waals surface area contributed by atoms with Crippen molar-refractivity contribution in [2.45, 2.75) is 6.92 Å². The van der Waals surface area contributed by atoms with E-state index in [1.165, 1.54) is 6.92 Å². The molecule has 1 amide bonds. The molecule has 0 aliphatic carbocycles. The Morgan fingerprint density at radius 1 is 1.37 bits per heavy atom. The van der Waals surface area contributed by atoms with Gasteiger partial charge in [0.2, 0.25) is 5.91 Å². The summed E-state index contributed by atoms with van der Waals surface area (Å²) < 4.78 is 1.74. The van der Waals surface area contributed by atoms with Crippen molar-refractivity contribution in [3.8, 4) is 5.69 Å². The van der Waals surface area contributed by atoms with Crippen LogP contribution in [-0.4, -0.2) is 26.5 Å². The van der Waals surface area contributed by atoms with Crippen LogP contribution in [0.2, 0.25) is 0 Å². The topological polar surface area (TPSA) is 84.2 Å². The maximum absolute atomic E-state index is 11.8. The Balaban J connectivity index is 2.27. The average molecular weight is 259 g/mol. The molecule has 6 nitrogen and oxygen atoms in total. The van der Waals surface area contributed by atoms with Crippen LogP contribution in [0.15, 0.2) is 43.0 Å². The number of carbonyl (C=O) groups excluding carboxylic acids is 1. The summed E-state index contributed by atoms with van der Waals surface area (Å²) in [5.41, 5.74) is 1.27. The average Bonchev–Trinajstić information content (AvgIpc) is 2.92. The highest BCUT2D eigenvalue weighted by molar-refractivity contribution is 6.04. The second-order valence-electron chi connectivity index (χ2n) is 4.04. The molecule has 1 unspecified atom stereocenters. The van der Waals surface area contributed by atoms with Gasteiger partial charge in [0.1, 0.15) is 5.92 Å². The van der Waals surface area contributed by atoms with E-state index in [0.717, 1.165) is 5.69 Å². The van der Waals surface area contributed by atoms with Crippen molar-refractivity contribution in [1.82, 2.24) is 9.55 Å². The minimum Gasteiger partial charge on any atom is -0.481 e. The number of anilines is 1. The first-order chi connectivity index (χ1) is 9.09. The van der Waals surface area contributed by atoms with E-state index in [0.29, 0.717) is 5.69 Å². The SMILES string of the molecule is CC(C(=O)O)C(=O)Nc1ccccc1-n1ccnc1. The summed E-state index contributed by atoms with van der Waals surface area (Å²) in [6, 6.07) is 7.11. The number of aliphatic carboxylic acids is 1. The zero-order valence-electron chi connectivity index (χ0n) is 10.3. The molecule has 6 heteroatoms. The van der Waals surface area contributed by atoms with Gasteiger partial charge in [-0.2, -0.15) is 0 Å². The molecule has 2 aromatic rings. The van der Waals surface area contributed by atoms with Gasteiger partial charge in [-0.05, 0) is 19.1 Å². The first-order valence-electron chi connectivity index (χ1n) is 5.70. The summed E-state index contributed by atoms with van der Waals surface area (Å²) in [6.45, 7) is 1.34. The first kappa shape index (κ1) is 12.8. The third-order valence-corrected chi connectivity index (χ3v) is 2.71. The van der Waals surface area contributed by atoms with Crippen molar-refractivity contribution < 1.29 is 14.7 Å². The second kappa shape index (κ2) is 5.34. The molecule has 0 spiro atoms. The number of aromatic nitrogens is 2. The van der Waals surface area contributed by atoms with Crippen LogP contribution in [0.3, 0.4) is 0 Å². The van der Waals surface area contributed by atoms with Crippen LogP contribution in [0.25, 0.3) is 5.69 Å². The molecule has 2 N–H and O–H groups in total. The number of hydrogen-bond donors (Lipinski definition) is 2. The van der Waals surface area contributed by atoms with Crippen LogP contribution in [0, 0.1) is 5.92 Å². The minimum atomic E-state index is -1.15. The molecule has 0 saturated heterocycles. The Kier molecular flexibility index (Phi) is 3.61. The predicted octanol–water partition coefficient (Wildman–Crippen LogP) is 1.53. The number of imidazole rings is 1. The number of nitrogens with zero attached hydrogens (tertiary/aromatic N) is 2. The number of hydrogen-bond acceptors (Lipinski definition) is 3. The van der Waals surface area contributed by atoms with Gasteiger partial charge in [0.15, 0.2) is 0 Å². The highest BCUT2D eigenvalue weighted by atomic mass is 16.4. The number of carboxylic acids is 1. The predicted molar refractivity (Wildman–Crippen MR) is 69.0 cm³/mol. The van der Waals surface area contributed by atoms with Crippen LogP contribution in [0.5, 0.6) is 0 Å². The van der Waals surface area contributed by atoms with Gasteiger partial charge in [-0.25, -0.2) is 4.98 Å². The summed E-state index contributed by atoms with van der Waals surface area (Å²) in [5.74, 6) is -2.81. The van der Waals surface area contributed by atoms with Crippen LogP contribution in [-0.2, 0) is 9.59 Å². The van der Waals surface area contributed by atoms with Crippen molar-refractivity contribution >= 4 is 17.6 Å². The van der Waals surface area contributed by atoms with Gasteiger partial charge >= 0.3 is 5.97 Å². The summed E-state index contributed by atoms with van der Waals surface area (Å²) in [4.78, 5) is 26.5. The summed E-state index contributed by atoms with van der Waals surface area (Å²) >= 11 is 0. The standard InChI is InChI=1S/C13H13N3O3/c1-9(13(18)19)12(17)15-10-4-2-3-5-11(10)16-7-6-14-8-16/h2-9H,1H3,(H,15,17)(H,18,19). The second-order valence-corrected chi connectivity index (χ2v) is 4.04. The van der Waals surface area contributed by atoms with E-state index in [-0.39, 0.29) is 0 Å². The number of nitrogens with one attached hydrogen (secondary N) is 1. The Hall–Kier alpha value is -2.63. The molecule has 0 aliphatic heterocycles. The van der Waals surface area contributed by atoms with Crippen LogP contribution >= 0.6 is 0 Å². The fourth-order valence-electron chi connectivity index (χ4n) is 1.56. The van der Waals surface area contributed by atoms with Crippen molar-refractivity contribution in [3.05, 3.63) is 43.0 Å². The first-order valence-corrected chi connectivity index (χ1v) is 5.70. The molecule has 0 fully saturated rings. The lowest BCUT2D eigenvalue weighted by atomic mass is 10.1. The lowest BCUT2D eigenvalue weighted by Crippen LogP contribution is -2.27. The molecule has 19 heavy (non-hydrogen) atoms. The largest absolute Gasteiger partial charge is 0.481 e. The fraction of sp³-hybridized carbons (Fsp3) is 0.154. The van der Waals surface area contributed by atoms with Crippen molar-refractivity contribution in [2.75, 3.05) is 5.32 Å². The molecule has 98 valence electrons. The van der Waals surface area contributed by atoms with E-state index in [9.17, 15) is 9.59 Å². The number of para-hydroxylation sites is 2. The van der Waals surface area contributed by atoms with Gasteiger partial charge in [-0.3, -0.25) is 9.59 Å². The van der Waals surface area contributed by atoms with Crippen LogP contribution < -0.4 is 5.32 Å². The monoisotopic (exact) mass is 259 g/mol. The van der Waals surface area contributed by atoms with Crippen LogP contribution in [0.1, 0.15) is 6.92 Å². The van der Waals surface area contributed by atoms with E-state index in [1.54, 1.807) is 35.4 Å². The Labute approximate surface area is 109 Å². The van der Waals surface area contributed by atoms with E-state index < -0.39 is 17.8 Å². The molecule has 0 saturated carbocycles. The Bertz CT molecular complexity index is 593. The van der Waals surface area contributed by atoms with Gasteiger partial charge in [0.05, 0.1) is 17.7 Å².